The molecule has 0 atom stereocenters. The molecule has 2 aromatic rings. The summed E-state index contributed by atoms with van der Waals surface area (Å²) in [5.74, 6) is 1.04. The molecule has 0 aromatic heterocycles. The van der Waals surface area contributed by atoms with Crippen LogP contribution in [0.4, 0.5) is 0 Å². The lowest BCUT2D eigenvalue weighted by Gasteiger charge is -2.18. The van der Waals surface area contributed by atoms with Crippen LogP contribution in [-0.4, -0.2) is 25.6 Å². The smallest absolute Gasteiger partial charge is 0.363 e. The van der Waals surface area contributed by atoms with Crippen molar-refractivity contribution >= 4 is 33.9 Å². The molecule has 3 rings (SSSR count). The maximum Gasteiger partial charge on any atom is 0.363 e. The molecule has 158 valence electrons. The molecular weight excluding hydrogens is 446 g/mol. The Hall–Kier alpha value is -2.60. The van der Waals surface area contributed by atoms with Gasteiger partial charge in [-0.05, 0) is 69.2 Å². The molecule has 6 heteroatoms. The molecule has 0 bridgehead atoms. The molecule has 0 saturated carbocycles. The molecule has 0 N–H and O–H groups in total. The molecule has 1 aliphatic heterocycles. The van der Waals surface area contributed by atoms with Crippen LogP contribution >= 0.6 is 15.9 Å². The van der Waals surface area contributed by atoms with Gasteiger partial charge in [-0.15, -0.1) is 0 Å². The first-order valence-electron chi connectivity index (χ1n) is 9.86. The minimum Gasteiger partial charge on any atom is -0.493 e. The van der Waals surface area contributed by atoms with Crippen LogP contribution in [0.1, 0.15) is 50.8 Å². The second-order valence-corrected chi connectivity index (χ2v) is 8.90. The summed E-state index contributed by atoms with van der Waals surface area (Å²) in [5.41, 5.74) is 3.01. The molecular formula is C24H26BrNO4. The fraction of sp³-hybridized carbons (Fsp3) is 0.333. The van der Waals surface area contributed by atoms with Crippen molar-refractivity contribution in [2.45, 2.75) is 39.5 Å². The van der Waals surface area contributed by atoms with Crippen molar-refractivity contribution in [1.82, 2.24) is 0 Å². The number of benzene rings is 2. The predicted molar refractivity (Wildman–Crippen MR) is 122 cm³/mol. The van der Waals surface area contributed by atoms with Crippen molar-refractivity contribution in [2.75, 3.05) is 13.7 Å². The van der Waals surface area contributed by atoms with Crippen LogP contribution in [0.3, 0.4) is 0 Å². The fourth-order valence-electron chi connectivity index (χ4n) is 2.97. The zero-order chi connectivity index (χ0) is 21.9. The molecule has 0 aliphatic carbocycles. The standard InChI is InChI=1S/C24H26BrNO4/c1-6-11-29-21-18(25)12-15(14-20(21)28-5)13-19-23(27)30-22(26-19)16-7-9-17(10-8-16)24(2,3)4/h7-10,12-14H,6,11H2,1-5H3. The van der Waals surface area contributed by atoms with Gasteiger partial charge in [0.1, 0.15) is 0 Å². The van der Waals surface area contributed by atoms with Crippen LogP contribution in [0.25, 0.3) is 6.08 Å². The van der Waals surface area contributed by atoms with Crippen molar-refractivity contribution in [3.63, 3.8) is 0 Å². The van der Waals surface area contributed by atoms with Crippen LogP contribution in [0.2, 0.25) is 0 Å². The van der Waals surface area contributed by atoms with Gasteiger partial charge in [0.05, 0.1) is 18.2 Å². The molecule has 2 aromatic carbocycles. The Morgan fingerprint density at radius 2 is 1.87 bits per heavy atom. The summed E-state index contributed by atoms with van der Waals surface area (Å²) in [6, 6.07) is 11.6. The highest BCUT2D eigenvalue weighted by Gasteiger charge is 2.25. The molecule has 1 aliphatic rings. The minimum atomic E-state index is -0.480. The Labute approximate surface area is 185 Å². The van der Waals surface area contributed by atoms with Crippen molar-refractivity contribution in [3.05, 3.63) is 63.3 Å². The highest BCUT2D eigenvalue weighted by Crippen LogP contribution is 2.37. The summed E-state index contributed by atoms with van der Waals surface area (Å²) in [4.78, 5) is 16.8. The third-order valence-electron chi connectivity index (χ3n) is 4.62. The molecule has 0 spiro atoms. The SMILES string of the molecule is CCCOc1c(Br)cc(C=C2N=C(c3ccc(C(C)(C)C)cc3)OC2=O)cc1OC. The number of methoxy groups -OCH3 is 1. The largest absolute Gasteiger partial charge is 0.493 e. The van der Waals surface area contributed by atoms with E-state index in [4.69, 9.17) is 14.2 Å². The van der Waals surface area contributed by atoms with E-state index in [2.05, 4.69) is 41.7 Å². The van der Waals surface area contributed by atoms with Crippen LogP contribution in [-0.2, 0) is 14.9 Å². The van der Waals surface area contributed by atoms with E-state index >= 15 is 0 Å². The third-order valence-corrected chi connectivity index (χ3v) is 5.21. The van der Waals surface area contributed by atoms with Crippen molar-refractivity contribution < 1.29 is 19.0 Å². The highest BCUT2D eigenvalue weighted by molar-refractivity contribution is 9.10. The quantitative estimate of drug-likeness (QED) is 0.389. The zero-order valence-corrected chi connectivity index (χ0v) is 19.5. The van der Waals surface area contributed by atoms with Gasteiger partial charge < -0.3 is 14.2 Å². The average molecular weight is 472 g/mol. The van der Waals surface area contributed by atoms with Crippen LogP contribution in [0.15, 0.2) is 51.6 Å². The number of aliphatic imine (C=N–C) groups is 1. The summed E-state index contributed by atoms with van der Waals surface area (Å²) >= 11 is 3.52. The van der Waals surface area contributed by atoms with Crippen molar-refractivity contribution in [1.29, 1.82) is 0 Å². The molecule has 0 radical (unpaired) electrons. The maximum absolute atomic E-state index is 12.4. The van der Waals surface area contributed by atoms with Gasteiger partial charge in [0.25, 0.3) is 0 Å². The van der Waals surface area contributed by atoms with E-state index in [9.17, 15) is 4.79 Å². The average Bonchev–Trinajstić information content (AvgIpc) is 3.06. The Kier molecular flexibility index (Phi) is 6.66. The molecule has 30 heavy (non-hydrogen) atoms. The summed E-state index contributed by atoms with van der Waals surface area (Å²) < 4.78 is 17.3. The van der Waals surface area contributed by atoms with Gasteiger partial charge in [0.15, 0.2) is 17.2 Å². The van der Waals surface area contributed by atoms with E-state index in [1.807, 2.05) is 43.3 Å². The van der Waals surface area contributed by atoms with Crippen molar-refractivity contribution in [3.8, 4) is 11.5 Å². The number of rotatable bonds is 6. The summed E-state index contributed by atoms with van der Waals surface area (Å²) in [5, 5.41) is 0. The number of ether oxygens (including phenoxy) is 3. The van der Waals surface area contributed by atoms with Gasteiger partial charge in [0, 0.05) is 5.56 Å². The Morgan fingerprint density at radius 3 is 2.47 bits per heavy atom. The first kappa shape index (κ1) is 22.1. The van der Waals surface area contributed by atoms with Crippen LogP contribution in [0, 0.1) is 0 Å². The molecule has 0 fully saturated rings. The predicted octanol–water partition coefficient (Wildman–Crippen LogP) is 5.89. The van der Waals surface area contributed by atoms with Crippen LogP contribution in [0.5, 0.6) is 11.5 Å². The van der Waals surface area contributed by atoms with Gasteiger partial charge in [-0.3, -0.25) is 0 Å². The van der Waals surface area contributed by atoms with Gasteiger partial charge in [-0.2, -0.15) is 0 Å². The number of nitrogens with zero attached hydrogens (tertiary/aromatic N) is 1. The Morgan fingerprint density at radius 1 is 1.17 bits per heavy atom. The monoisotopic (exact) mass is 471 g/mol. The lowest BCUT2D eigenvalue weighted by Crippen LogP contribution is -2.11. The van der Waals surface area contributed by atoms with Gasteiger partial charge in [-0.25, -0.2) is 9.79 Å². The molecule has 0 amide bonds. The van der Waals surface area contributed by atoms with Gasteiger partial charge in [-0.1, -0.05) is 39.8 Å². The summed E-state index contributed by atoms with van der Waals surface area (Å²) in [6.45, 7) is 9.09. The lowest BCUT2D eigenvalue weighted by atomic mass is 9.87. The highest BCUT2D eigenvalue weighted by atomic mass is 79.9. The Bertz CT molecular complexity index is 1000. The van der Waals surface area contributed by atoms with E-state index in [-0.39, 0.29) is 11.1 Å². The first-order valence-corrected chi connectivity index (χ1v) is 10.7. The van der Waals surface area contributed by atoms with Gasteiger partial charge >= 0.3 is 5.97 Å². The van der Waals surface area contributed by atoms with Crippen LogP contribution < -0.4 is 9.47 Å². The van der Waals surface area contributed by atoms with E-state index in [1.54, 1.807) is 13.2 Å². The topological polar surface area (TPSA) is 57.1 Å². The number of esters is 1. The normalized spacial score (nSPS) is 15.2. The van der Waals surface area contributed by atoms with E-state index in [1.165, 1.54) is 5.56 Å². The molecule has 1 heterocycles. The molecule has 5 nitrogen and oxygen atoms in total. The number of hydrogen-bond donors (Lipinski definition) is 0. The zero-order valence-electron chi connectivity index (χ0n) is 17.9. The maximum atomic E-state index is 12.4. The lowest BCUT2D eigenvalue weighted by molar-refractivity contribution is -0.129. The minimum absolute atomic E-state index is 0.0528. The van der Waals surface area contributed by atoms with E-state index in [0.29, 0.717) is 24.0 Å². The number of cyclic esters (lactones) is 1. The Balaban J connectivity index is 1.89. The van der Waals surface area contributed by atoms with E-state index < -0.39 is 5.97 Å². The number of carbonyl (C=O) groups is 1. The second-order valence-electron chi connectivity index (χ2n) is 8.05. The molecule has 0 saturated heterocycles. The summed E-state index contributed by atoms with van der Waals surface area (Å²) in [7, 11) is 1.58. The number of hydrogen-bond acceptors (Lipinski definition) is 5. The summed E-state index contributed by atoms with van der Waals surface area (Å²) in [6.07, 6.45) is 2.57. The van der Waals surface area contributed by atoms with E-state index in [0.717, 1.165) is 22.0 Å². The fourth-order valence-corrected chi connectivity index (χ4v) is 3.54. The van der Waals surface area contributed by atoms with Gasteiger partial charge in [0.2, 0.25) is 5.90 Å². The number of halogens is 1. The molecule has 0 unspecified atom stereocenters. The first-order chi connectivity index (χ1) is 14.2. The number of carbonyl (C=O) groups excluding carboxylic acids is 1. The van der Waals surface area contributed by atoms with Crippen molar-refractivity contribution in [2.24, 2.45) is 4.99 Å². The third kappa shape index (κ3) is 4.93. The second kappa shape index (κ2) is 9.04.